The Balaban J connectivity index is 2.09. The number of hydrogen-bond acceptors (Lipinski definition) is 5. The van der Waals surface area contributed by atoms with Gasteiger partial charge in [-0.05, 0) is 40.8 Å². The molecule has 1 saturated carbocycles. The minimum atomic E-state index is -0.636. The third-order valence-electron chi connectivity index (χ3n) is 4.10. The summed E-state index contributed by atoms with van der Waals surface area (Å²) >= 11 is 5.94. The van der Waals surface area contributed by atoms with E-state index < -0.39 is 10.7 Å². The van der Waals surface area contributed by atoms with Gasteiger partial charge in [0.25, 0.3) is 5.49 Å². The normalized spacial score (nSPS) is 17.0. The van der Waals surface area contributed by atoms with Crippen molar-refractivity contribution >= 4 is 17.4 Å². The van der Waals surface area contributed by atoms with Crippen LogP contribution in [-0.2, 0) is 0 Å². The summed E-state index contributed by atoms with van der Waals surface area (Å²) in [6.45, 7) is 0. The highest BCUT2D eigenvalue weighted by Gasteiger charge is 2.25. The lowest BCUT2D eigenvalue weighted by Gasteiger charge is -2.06. The Morgan fingerprint density at radius 3 is 2.62 bits per heavy atom. The van der Waals surface area contributed by atoms with Crippen LogP contribution >= 0.6 is 11.6 Å². The van der Waals surface area contributed by atoms with Crippen LogP contribution in [0.25, 0.3) is 5.69 Å². The van der Waals surface area contributed by atoms with Gasteiger partial charge in [0, 0.05) is 5.02 Å². The number of rotatable bonds is 3. The first-order chi connectivity index (χ1) is 11.6. The van der Waals surface area contributed by atoms with E-state index >= 15 is 0 Å². The van der Waals surface area contributed by atoms with Crippen LogP contribution in [0.4, 0.5) is 5.82 Å². The van der Waals surface area contributed by atoms with Crippen molar-refractivity contribution < 1.29 is 10.1 Å². The summed E-state index contributed by atoms with van der Waals surface area (Å²) < 4.78 is 0. The Morgan fingerprint density at radius 2 is 2.00 bits per heavy atom. The second-order valence-corrected chi connectivity index (χ2v) is 6.27. The van der Waals surface area contributed by atoms with Gasteiger partial charge in [-0.2, -0.15) is 0 Å². The first kappa shape index (κ1) is 16.5. The molecule has 1 heterocycles. The van der Waals surface area contributed by atoms with Gasteiger partial charge in [0.2, 0.25) is 0 Å². The van der Waals surface area contributed by atoms with E-state index in [1.165, 1.54) is 0 Å². The zero-order valence-electron chi connectivity index (χ0n) is 13.0. The third-order valence-corrected chi connectivity index (χ3v) is 4.34. The topological polar surface area (TPSA) is 98.5 Å². The summed E-state index contributed by atoms with van der Waals surface area (Å²) in [5, 5.41) is 26.0. The molecule has 0 amide bonds. The van der Waals surface area contributed by atoms with Crippen molar-refractivity contribution in [1.29, 1.82) is 0 Å². The Morgan fingerprint density at radius 1 is 1.29 bits per heavy atom. The van der Waals surface area contributed by atoms with E-state index in [1.54, 1.807) is 24.3 Å². The predicted molar refractivity (Wildman–Crippen MR) is 87.5 cm³/mol. The van der Waals surface area contributed by atoms with Gasteiger partial charge in [0.15, 0.2) is 0 Å². The molecule has 1 N–H and O–H groups in total. The van der Waals surface area contributed by atoms with Gasteiger partial charge < -0.3 is 15.3 Å². The average Bonchev–Trinajstić information content (AvgIpc) is 2.73. The van der Waals surface area contributed by atoms with Gasteiger partial charge in [0.05, 0.1) is 11.1 Å². The molecule has 0 radical (unpaired) electrons. The van der Waals surface area contributed by atoms with E-state index in [-0.39, 0.29) is 11.5 Å². The fourth-order valence-electron chi connectivity index (χ4n) is 2.91. The molecule has 8 nitrogen and oxygen atoms in total. The molecule has 0 unspecified atom stereocenters. The number of nitrogens with zero attached hydrogens (tertiary/aromatic N) is 5. The summed E-state index contributed by atoms with van der Waals surface area (Å²) in [6.07, 6.45) is 6.09. The zero-order chi connectivity index (χ0) is 17.1. The van der Waals surface area contributed by atoms with Crippen molar-refractivity contribution in [3.63, 3.8) is 0 Å². The first-order valence-corrected chi connectivity index (χ1v) is 8.30. The highest BCUT2D eigenvalue weighted by molar-refractivity contribution is 6.30. The molecule has 24 heavy (non-hydrogen) atoms. The molecule has 1 fully saturated rings. The molecule has 0 atom stereocenters. The molecule has 0 aliphatic heterocycles. The van der Waals surface area contributed by atoms with Gasteiger partial charge in [0.1, 0.15) is 5.69 Å². The maximum atomic E-state index is 11.3. The highest BCUT2D eigenvalue weighted by Crippen LogP contribution is 2.20. The second-order valence-electron chi connectivity index (χ2n) is 5.84. The number of aromatic nitrogens is 3. The molecular weight excluding hydrogens is 334 g/mol. The van der Waals surface area contributed by atoms with Crippen molar-refractivity contribution in [2.45, 2.75) is 44.6 Å². The first-order valence-electron chi connectivity index (χ1n) is 7.92. The quantitative estimate of drug-likeness (QED) is 0.397. The summed E-state index contributed by atoms with van der Waals surface area (Å²) in [5.74, 6) is -0.471. The van der Waals surface area contributed by atoms with Crippen molar-refractivity contribution in [2.75, 3.05) is 0 Å². The summed E-state index contributed by atoms with van der Waals surface area (Å²) in [4.78, 5) is 16.7. The van der Waals surface area contributed by atoms with Gasteiger partial charge in [-0.1, -0.05) is 48.2 Å². The lowest BCUT2D eigenvalue weighted by atomic mass is 10.1. The average molecular weight is 352 g/mol. The molecule has 0 bridgehead atoms. The fourth-order valence-corrected chi connectivity index (χ4v) is 3.10. The largest absolute Gasteiger partial charge is 0.438 e. The van der Waals surface area contributed by atoms with E-state index in [2.05, 4.69) is 10.1 Å². The Bertz CT molecular complexity index is 806. The molecule has 1 aromatic heterocycles. The highest BCUT2D eigenvalue weighted by atomic mass is 35.5. The Labute approximate surface area is 143 Å². The molecule has 0 saturated heterocycles. The Hall–Kier alpha value is -2.35. The number of hydrogen-bond donors (Lipinski definition) is 1. The Kier molecular flexibility index (Phi) is 4.84. The molecule has 2 aromatic rings. The minimum absolute atomic E-state index is 0.0402. The van der Waals surface area contributed by atoms with E-state index in [0.717, 1.165) is 43.3 Å². The predicted octanol–water partition coefficient (Wildman–Crippen LogP) is 3.10. The summed E-state index contributed by atoms with van der Waals surface area (Å²) in [7, 11) is 0. The van der Waals surface area contributed by atoms with Crippen LogP contribution in [0.1, 0.15) is 38.5 Å². The summed E-state index contributed by atoms with van der Waals surface area (Å²) in [6, 6.07) is 6.50. The molecule has 1 aliphatic rings. The summed E-state index contributed by atoms with van der Waals surface area (Å²) in [5.41, 5.74) is 0.280. The minimum Gasteiger partial charge on any atom is -0.409 e. The van der Waals surface area contributed by atoms with E-state index in [9.17, 15) is 15.3 Å². The zero-order valence-corrected chi connectivity index (χ0v) is 13.8. The van der Waals surface area contributed by atoms with Crippen LogP contribution < -0.4 is 5.49 Å². The van der Waals surface area contributed by atoms with Crippen LogP contribution in [0.5, 0.6) is 0 Å². The van der Waals surface area contributed by atoms with Crippen molar-refractivity contribution in [3.8, 4) is 5.69 Å². The van der Waals surface area contributed by atoms with Crippen LogP contribution in [0.15, 0.2) is 29.3 Å². The lowest BCUT2D eigenvalue weighted by molar-refractivity contribution is -0.391. The van der Waals surface area contributed by atoms with Crippen molar-refractivity contribution in [1.82, 2.24) is 14.7 Å². The second kappa shape index (κ2) is 7.04. The third kappa shape index (κ3) is 3.43. The maximum Gasteiger partial charge on any atom is 0.438 e. The fraction of sp³-hybridized carbons (Fsp3) is 0.467. The van der Waals surface area contributed by atoms with Crippen LogP contribution in [0.2, 0.25) is 5.02 Å². The number of nitro groups is 1. The van der Waals surface area contributed by atoms with Gasteiger partial charge in [-0.3, -0.25) is 4.99 Å². The van der Waals surface area contributed by atoms with Gasteiger partial charge >= 0.3 is 5.82 Å². The van der Waals surface area contributed by atoms with Crippen molar-refractivity contribution in [3.05, 3.63) is 44.9 Å². The number of halogens is 1. The van der Waals surface area contributed by atoms with Gasteiger partial charge in [-0.15, -0.1) is 0 Å². The smallest absolute Gasteiger partial charge is 0.409 e. The van der Waals surface area contributed by atoms with Crippen LogP contribution in [-0.4, -0.2) is 30.9 Å². The molecule has 1 aromatic carbocycles. The SMILES string of the molecule is O=[N+]([O-])c1nn(-c2cccc(Cl)c2)n(O)c1=NC1CCCCCC1. The van der Waals surface area contributed by atoms with Crippen molar-refractivity contribution in [2.24, 2.45) is 4.99 Å². The molecule has 1 aliphatic carbocycles. The standard InChI is InChI=1S/C15H18ClN5O3/c16-11-6-5-9-13(10-11)19-18-15(21(23)24)14(20(19)22)17-12-7-3-1-2-4-8-12/h5-6,9-10,12,22H,1-4,7-8H2. The van der Waals surface area contributed by atoms with E-state index in [1.807, 2.05) is 0 Å². The van der Waals surface area contributed by atoms with E-state index in [4.69, 9.17) is 11.6 Å². The molecule has 0 spiro atoms. The van der Waals surface area contributed by atoms with Crippen LogP contribution in [0, 0.1) is 10.1 Å². The van der Waals surface area contributed by atoms with Crippen LogP contribution in [0.3, 0.4) is 0 Å². The maximum absolute atomic E-state index is 11.3. The monoisotopic (exact) mass is 351 g/mol. The molecule has 128 valence electrons. The lowest BCUT2D eigenvalue weighted by Crippen LogP contribution is -2.24. The van der Waals surface area contributed by atoms with E-state index in [0.29, 0.717) is 15.6 Å². The molecular formula is C15H18ClN5O3. The van der Waals surface area contributed by atoms with Gasteiger partial charge in [-0.25, -0.2) is 0 Å². The molecule has 3 rings (SSSR count). The number of benzene rings is 1. The molecule has 9 heteroatoms.